The average molecular weight is 387 g/mol. The summed E-state index contributed by atoms with van der Waals surface area (Å²) < 4.78 is 11.1. The van der Waals surface area contributed by atoms with Gasteiger partial charge in [0.1, 0.15) is 13.2 Å². The molecule has 1 N–H and O–H groups in total. The molecule has 0 bridgehead atoms. The van der Waals surface area contributed by atoms with Crippen LogP contribution in [-0.2, 0) is 0 Å². The Labute approximate surface area is 164 Å². The number of carbonyl (C=O) groups is 1. The van der Waals surface area contributed by atoms with E-state index < -0.39 is 0 Å². The molecule has 5 nitrogen and oxygen atoms in total. The van der Waals surface area contributed by atoms with Gasteiger partial charge in [0.15, 0.2) is 11.5 Å². The Morgan fingerprint density at radius 1 is 1.11 bits per heavy atom. The van der Waals surface area contributed by atoms with Crippen LogP contribution in [0.4, 0.5) is 0 Å². The molecule has 6 heteroatoms. The summed E-state index contributed by atoms with van der Waals surface area (Å²) in [6.07, 6.45) is 2.41. The molecule has 1 atom stereocenters. The summed E-state index contributed by atoms with van der Waals surface area (Å²) in [5, 5.41) is 3.47. The number of fused-ring (bicyclic) bond motifs is 1. The highest BCUT2D eigenvalue weighted by molar-refractivity contribution is 6.32. The summed E-state index contributed by atoms with van der Waals surface area (Å²) in [6, 6.07) is 13.8. The molecular formula is C21H23ClN2O3. The second-order valence-electron chi connectivity index (χ2n) is 6.86. The summed E-state index contributed by atoms with van der Waals surface area (Å²) in [6.45, 7) is 3.60. The Kier molecular flexibility index (Phi) is 5.50. The number of hydrogen-bond acceptors (Lipinski definition) is 4. The molecule has 142 valence electrons. The van der Waals surface area contributed by atoms with Crippen LogP contribution >= 0.6 is 11.6 Å². The normalized spacial score (nSPS) is 17.5. The molecule has 2 aromatic rings. The molecule has 0 spiro atoms. The van der Waals surface area contributed by atoms with E-state index in [1.54, 1.807) is 12.1 Å². The Hall–Kier alpha value is -2.24. The van der Waals surface area contributed by atoms with E-state index in [4.69, 9.17) is 21.1 Å². The van der Waals surface area contributed by atoms with Crippen LogP contribution in [0.3, 0.4) is 0 Å². The number of ether oxygens (including phenoxy) is 2. The summed E-state index contributed by atoms with van der Waals surface area (Å²) >= 11 is 6.26. The van der Waals surface area contributed by atoms with Crippen LogP contribution in [0.1, 0.15) is 34.8 Å². The first kappa shape index (κ1) is 18.1. The van der Waals surface area contributed by atoms with Gasteiger partial charge in [-0.3, -0.25) is 9.69 Å². The van der Waals surface area contributed by atoms with Crippen LogP contribution in [0.2, 0.25) is 5.02 Å². The van der Waals surface area contributed by atoms with E-state index in [2.05, 4.69) is 22.3 Å². The topological polar surface area (TPSA) is 50.8 Å². The second kappa shape index (κ2) is 8.19. The highest BCUT2D eigenvalue weighted by Gasteiger charge is 2.25. The standard InChI is InChI=1S/C21H23ClN2O3/c22-17-12-16(13-19-20(17)27-11-10-26-19)21(25)23-14-18(24-8-4-5-9-24)15-6-2-1-3-7-15/h1-3,6-7,12-13,18H,4-5,8-11,14H2,(H,23,25). The maximum absolute atomic E-state index is 12.7. The molecule has 4 rings (SSSR count). The quantitative estimate of drug-likeness (QED) is 0.851. The van der Waals surface area contributed by atoms with Crippen molar-refractivity contribution in [2.75, 3.05) is 32.8 Å². The Balaban J connectivity index is 1.49. The lowest BCUT2D eigenvalue weighted by Crippen LogP contribution is -2.36. The summed E-state index contributed by atoms with van der Waals surface area (Å²) in [5.41, 5.74) is 1.71. The molecule has 2 heterocycles. The summed E-state index contributed by atoms with van der Waals surface area (Å²) in [5.74, 6) is 0.880. The first-order valence-corrected chi connectivity index (χ1v) is 9.76. The molecule has 0 aliphatic carbocycles. The molecule has 1 fully saturated rings. The molecule has 2 aliphatic heterocycles. The minimum absolute atomic E-state index is 0.158. The summed E-state index contributed by atoms with van der Waals surface area (Å²) in [7, 11) is 0. The number of amides is 1. The van der Waals surface area contributed by atoms with Gasteiger partial charge >= 0.3 is 0 Å². The smallest absolute Gasteiger partial charge is 0.251 e. The number of nitrogens with one attached hydrogen (secondary N) is 1. The third kappa shape index (κ3) is 4.04. The van der Waals surface area contributed by atoms with E-state index in [1.807, 2.05) is 18.2 Å². The number of rotatable bonds is 5. The van der Waals surface area contributed by atoms with Crippen molar-refractivity contribution < 1.29 is 14.3 Å². The van der Waals surface area contributed by atoms with Gasteiger partial charge in [0.2, 0.25) is 0 Å². The predicted octanol–water partition coefficient (Wildman–Crippen LogP) is 3.68. The van der Waals surface area contributed by atoms with E-state index in [9.17, 15) is 4.79 Å². The van der Waals surface area contributed by atoms with Crippen molar-refractivity contribution in [2.45, 2.75) is 18.9 Å². The highest BCUT2D eigenvalue weighted by Crippen LogP contribution is 2.38. The van der Waals surface area contributed by atoms with Crippen molar-refractivity contribution in [1.29, 1.82) is 0 Å². The molecule has 0 radical (unpaired) electrons. The molecule has 0 aromatic heterocycles. The fraction of sp³-hybridized carbons (Fsp3) is 0.381. The zero-order chi connectivity index (χ0) is 18.6. The minimum Gasteiger partial charge on any atom is -0.486 e. The van der Waals surface area contributed by atoms with Gasteiger partial charge in [-0.2, -0.15) is 0 Å². The molecule has 2 aliphatic rings. The fourth-order valence-electron chi connectivity index (χ4n) is 3.72. The van der Waals surface area contributed by atoms with Crippen LogP contribution in [-0.4, -0.2) is 43.7 Å². The van der Waals surface area contributed by atoms with Crippen LogP contribution in [0.15, 0.2) is 42.5 Å². The molecule has 0 saturated carbocycles. The number of carbonyl (C=O) groups excluding carboxylic acids is 1. The van der Waals surface area contributed by atoms with Gasteiger partial charge in [0.05, 0.1) is 11.1 Å². The number of benzene rings is 2. The largest absolute Gasteiger partial charge is 0.486 e. The van der Waals surface area contributed by atoms with Crippen LogP contribution in [0, 0.1) is 0 Å². The molecule has 1 amide bonds. The maximum atomic E-state index is 12.7. The van der Waals surface area contributed by atoms with Crippen molar-refractivity contribution in [3.05, 3.63) is 58.6 Å². The van der Waals surface area contributed by atoms with Crippen molar-refractivity contribution >= 4 is 17.5 Å². The predicted molar refractivity (Wildman–Crippen MR) is 105 cm³/mol. The van der Waals surface area contributed by atoms with E-state index in [1.165, 1.54) is 18.4 Å². The molecule has 1 saturated heterocycles. The zero-order valence-electron chi connectivity index (χ0n) is 15.1. The van der Waals surface area contributed by atoms with Crippen molar-refractivity contribution in [1.82, 2.24) is 10.2 Å². The number of halogens is 1. The molecular weight excluding hydrogens is 364 g/mol. The van der Waals surface area contributed by atoms with Gasteiger partial charge in [-0.15, -0.1) is 0 Å². The van der Waals surface area contributed by atoms with E-state index >= 15 is 0 Å². The van der Waals surface area contributed by atoms with Gasteiger partial charge < -0.3 is 14.8 Å². The summed E-state index contributed by atoms with van der Waals surface area (Å²) in [4.78, 5) is 15.2. The Morgan fingerprint density at radius 3 is 2.63 bits per heavy atom. The Morgan fingerprint density at radius 2 is 1.85 bits per heavy atom. The van der Waals surface area contributed by atoms with Crippen LogP contribution in [0.25, 0.3) is 0 Å². The van der Waals surface area contributed by atoms with E-state index in [0.717, 1.165) is 13.1 Å². The minimum atomic E-state index is -0.158. The highest BCUT2D eigenvalue weighted by atomic mass is 35.5. The average Bonchev–Trinajstić information content (AvgIpc) is 3.23. The van der Waals surface area contributed by atoms with Gasteiger partial charge in [-0.25, -0.2) is 0 Å². The lowest BCUT2D eigenvalue weighted by Gasteiger charge is -2.28. The number of likely N-dealkylation sites (tertiary alicyclic amines) is 1. The molecule has 1 unspecified atom stereocenters. The van der Waals surface area contributed by atoms with E-state index in [0.29, 0.717) is 41.8 Å². The van der Waals surface area contributed by atoms with Crippen LogP contribution < -0.4 is 14.8 Å². The maximum Gasteiger partial charge on any atom is 0.251 e. The third-order valence-electron chi connectivity index (χ3n) is 5.08. The first-order valence-electron chi connectivity index (χ1n) is 9.39. The SMILES string of the molecule is O=C(NCC(c1ccccc1)N1CCCC1)c1cc(Cl)c2c(c1)OCCO2. The first-order chi connectivity index (χ1) is 13.2. The monoisotopic (exact) mass is 386 g/mol. The van der Waals surface area contributed by atoms with Crippen molar-refractivity contribution in [3.63, 3.8) is 0 Å². The van der Waals surface area contributed by atoms with Crippen molar-refractivity contribution in [2.24, 2.45) is 0 Å². The van der Waals surface area contributed by atoms with Gasteiger partial charge in [-0.1, -0.05) is 41.9 Å². The third-order valence-corrected chi connectivity index (χ3v) is 5.36. The van der Waals surface area contributed by atoms with Gasteiger partial charge in [-0.05, 0) is 43.6 Å². The zero-order valence-corrected chi connectivity index (χ0v) is 15.9. The number of hydrogen-bond donors (Lipinski definition) is 1. The molecule has 2 aromatic carbocycles. The second-order valence-corrected chi connectivity index (χ2v) is 7.27. The fourth-order valence-corrected chi connectivity index (χ4v) is 3.98. The Bertz CT molecular complexity index is 807. The van der Waals surface area contributed by atoms with E-state index in [-0.39, 0.29) is 11.9 Å². The molecule has 27 heavy (non-hydrogen) atoms. The van der Waals surface area contributed by atoms with Gasteiger partial charge in [0, 0.05) is 12.1 Å². The van der Waals surface area contributed by atoms with Crippen LogP contribution in [0.5, 0.6) is 11.5 Å². The number of nitrogens with zero attached hydrogens (tertiary/aromatic N) is 1. The van der Waals surface area contributed by atoms with Gasteiger partial charge in [0.25, 0.3) is 5.91 Å². The van der Waals surface area contributed by atoms with Crippen molar-refractivity contribution in [3.8, 4) is 11.5 Å². The lowest BCUT2D eigenvalue weighted by atomic mass is 10.1. The lowest BCUT2D eigenvalue weighted by molar-refractivity contribution is 0.0936.